The molecule has 42 heavy (non-hydrogen) atoms. The minimum Gasteiger partial charge on any atom is -0.347 e. The van der Waals surface area contributed by atoms with Crippen molar-refractivity contribution in [2.24, 2.45) is 5.92 Å². The first-order chi connectivity index (χ1) is 19.8. The molecule has 1 aromatic heterocycles. The van der Waals surface area contributed by atoms with E-state index in [4.69, 9.17) is 0 Å². The van der Waals surface area contributed by atoms with E-state index in [0.717, 1.165) is 11.5 Å². The lowest BCUT2D eigenvalue weighted by atomic mass is 10.2. The number of hydrogen-bond acceptors (Lipinski definition) is 7. The van der Waals surface area contributed by atoms with Gasteiger partial charge < -0.3 is 26.6 Å². The van der Waals surface area contributed by atoms with Crippen LogP contribution in [0.2, 0.25) is 0 Å². The van der Waals surface area contributed by atoms with Crippen LogP contribution < -0.4 is 26.6 Å². The van der Waals surface area contributed by atoms with Crippen molar-refractivity contribution >= 4 is 41.1 Å². The lowest BCUT2D eigenvalue weighted by molar-refractivity contribution is -0.138. The van der Waals surface area contributed by atoms with Crippen molar-refractivity contribution in [3.63, 3.8) is 0 Å². The number of nitrogens with zero attached hydrogens (tertiary/aromatic N) is 1. The maximum absolute atomic E-state index is 12.1. The standard InChI is InChI=1S/C23H26N6O6.C4H10.C3H8/c1-14(21(33)26-12-18(31)23(35)25-10-16-6-4-3-5-7-16)28-20(32)13-27-22(34)17-8-9-19(24-11-17)29-15(2)30;1-4(2)3;1-3-2/h3-9,11,14H,10,12-13H2,1-2H3,(H,25,35)(H,26,33)(H,27,34)(H,28,32)(H,24,29,30);4H,1-3H3;3H2,1-2H3. The molecular weight excluding hydrogens is 540 g/mol. The van der Waals surface area contributed by atoms with Crippen molar-refractivity contribution in [3.8, 4) is 0 Å². The first-order valence-electron chi connectivity index (χ1n) is 13.7. The topological polar surface area (TPSA) is 175 Å². The first kappa shape index (κ1) is 37.4. The van der Waals surface area contributed by atoms with Crippen molar-refractivity contribution in [1.82, 2.24) is 26.3 Å². The first-order valence-corrected chi connectivity index (χ1v) is 13.7. The van der Waals surface area contributed by atoms with Gasteiger partial charge in [-0.2, -0.15) is 0 Å². The fourth-order valence-electron chi connectivity index (χ4n) is 2.68. The number of benzene rings is 1. The number of hydrogen-bond donors (Lipinski definition) is 5. The second-order valence-electron chi connectivity index (χ2n) is 9.83. The Balaban J connectivity index is 0.00000216. The Morgan fingerprint density at radius 1 is 0.810 bits per heavy atom. The molecular formula is C30H44N6O6. The zero-order valence-corrected chi connectivity index (χ0v) is 25.5. The summed E-state index contributed by atoms with van der Waals surface area (Å²) in [7, 11) is 0. The molecule has 0 aliphatic heterocycles. The van der Waals surface area contributed by atoms with Gasteiger partial charge in [0.05, 0.1) is 18.7 Å². The summed E-state index contributed by atoms with van der Waals surface area (Å²) in [5, 5.41) is 12.0. The molecule has 1 heterocycles. The number of Topliss-reactive ketones (excluding diaryl/α,β-unsaturated/α-hetero) is 1. The van der Waals surface area contributed by atoms with Gasteiger partial charge in [-0.3, -0.25) is 28.8 Å². The number of nitrogens with one attached hydrogen (secondary N) is 5. The van der Waals surface area contributed by atoms with Crippen LogP contribution in [-0.2, 0) is 30.5 Å². The summed E-state index contributed by atoms with van der Waals surface area (Å²) in [6.07, 6.45) is 2.49. The lowest BCUT2D eigenvalue weighted by Crippen LogP contribution is -2.49. The molecule has 0 bridgehead atoms. The minimum absolute atomic E-state index is 0.168. The highest BCUT2D eigenvalue weighted by Gasteiger charge is 2.19. The molecule has 0 saturated heterocycles. The highest BCUT2D eigenvalue weighted by Crippen LogP contribution is 2.04. The Morgan fingerprint density at radius 2 is 1.40 bits per heavy atom. The van der Waals surface area contributed by atoms with E-state index in [9.17, 15) is 28.8 Å². The molecule has 12 nitrogen and oxygen atoms in total. The van der Waals surface area contributed by atoms with Crippen LogP contribution >= 0.6 is 0 Å². The molecule has 230 valence electrons. The van der Waals surface area contributed by atoms with Crippen LogP contribution in [0.3, 0.4) is 0 Å². The van der Waals surface area contributed by atoms with E-state index in [1.165, 1.54) is 38.6 Å². The maximum atomic E-state index is 12.1. The van der Waals surface area contributed by atoms with Crippen LogP contribution in [0.1, 0.15) is 70.8 Å². The Morgan fingerprint density at radius 3 is 1.93 bits per heavy atom. The molecule has 0 saturated carbocycles. The van der Waals surface area contributed by atoms with Gasteiger partial charge in [-0.15, -0.1) is 0 Å². The van der Waals surface area contributed by atoms with Crippen molar-refractivity contribution in [1.29, 1.82) is 0 Å². The number of ketones is 1. The molecule has 0 radical (unpaired) electrons. The van der Waals surface area contributed by atoms with Gasteiger partial charge in [-0.1, -0.05) is 71.4 Å². The smallest absolute Gasteiger partial charge is 0.289 e. The number of aromatic nitrogens is 1. The van der Waals surface area contributed by atoms with E-state index in [1.807, 2.05) is 6.07 Å². The third-order valence-corrected chi connectivity index (χ3v) is 4.48. The number of rotatable bonds is 11. The SMILES string of the molecule is CC(=O)Nc1ccc(C(=O)NCC(=O)NC(C)C(=O)NCC(=O)C(=O)NCc2ccccc2)cn1.CC(C)C.CCC. The molecule has 0 spiro atoms. The lowest BCUT2D eigenvalue weighted by Gasteiger charge is -2.14. The molecule has 0 fully saturated rings. The number of anilines is 1. The quantitative estimate of drug-likeness (QED) is 0.252. The van der Waals surface area contributed by atoms with Gasteiger partial charge >= 0.3 is 0 Å². The van der Waals surface area contributed by atoms with E-state index in [2.05, 4.69) is 66.2 Å². The third kappa shape index (κ3) is 17.9. The Hall–Kier alpha value is -4.61. The van der Waals surface area contributed by atoms with Gasteiger partial charge in [-0.05, 0) is 30.5 Å². The average Bonchev–Trinajstić information content (AvgIpc) is 2.93. The van der Waals surface area contributed by atoms with Crippen LogP contribution in [0.25, 0.3) is 0 Å². The summed E-state index contributed by atoms with van der Waals surface area (Å²) in [4.78, 5) is 74.9. The second kappa shape index (κ2) is 21.2. The van der Waals surface area contributed by atoms with Crippen LogP contribution in [0.4, 0.5) is 5.82 Å². The van der Waals surface area contributed by atoms with E-state index in [0.29, 0.717) is 0 Å². The van der Waals surface area contributed by atoms with Crippen LogP contribution in [0.5, 0.6) is 0 Å². The van der Waals surface area contributed by atoms with E-state index in [1.54, 1.807) is 24.3 Å². The fourth-order valence-corrected chi connectivity index (χ4v) is 2.68. The van der Waals surface area contributed by atoms with Gasteiger partial charge in [0.25, 0.3) is 11.8 Å². The third-order valence-electron chi connectivity index (χ3n) is 4.48. The molecule has 1 aromatic carbocycles. The van der Waals surface area contributed by atoms with Gasteiger partial charge in [-0.25, -0.2) is 4.98 Å². The number of amides is 5. The largest absolute Gasteiger partial charge is 0.347 e. The van der Waals surface area contributed by atoms with Gasteiger partial charge in [0.1, 0.15) is 11.9 Å². The van der Waals surface area contributed by atoms with Gasteiger partial charge in [0, 0.05) is 19.7 Å². The van der Waals surface area contributed by atoms with Crippen molar-refractivity contribution in [2.75, 3.05) is 18.4 Å². The molecule has 12 heteroatoms. The van der Waals surface area contributed by atoms with Gasteiger partial charge in [0.15, 0.2) is 0 Å². The predicted octanol–water partition coefficient (Wildman–Crippen LogP) is 2.35. The minimum atomic E-state index is -1.02. The number of pyridine rings is 1. The summed E-state index contributed by atoms with van der Waals surface area (Å²) < 4.78 is 0. The Kier molecular flexibility index (Phi) is 18.9. The summed E-state index contributed by atoms with van der Waals surface area (Å²) in [6, 6.07) is 10.9. The molecule has 5 N–H and O–H groups in total. The van der Waals surface area contributed by atoms with E-state index < -0.39 is 48.5 Å². The fraction of sp³-hybridized carbons (Fsp3) is 0.433. The Bertz CT molecular complexity index is 1150. The summed E-state index contributed by atoms with van der Waals surface area (Å²) >= 11 is 0. The van der Waals surface area contributed by atoms with Crippen LogP contribution in [-0.4, -0.2) is 59.4 Å². The Labute approximate surface area is 247 Å². The highest BCUT2D eigenvalue weighted by atomic mass is 16.2. The van der Waals surface area contributed by atoms with Crippen LogP contribution in [0, 0.1) is 5.92 Å². The number of carbonyl (C=O) groups is 6. The van der Waals surface area contributed by atoms with Gasteiger partial charge in [0.2, 0.25) is 23.5 Å². The predicted molar refractivity (Wildman–Crippen MR) is 161 cm³/mol. The van der Waals surface area contributed by atoms with Crippen molar-refractivity contribution < 1.29 is 28.8 Å². The molecule has 2 aromatic rings. The molecule has 0 aliphatic rings. The van der Waals surface area contributed by atoms with Crippen molar-refractivity contribution in [3.05, 3.63) is 59.8 Å². The zero-order valence-electron chi connectivity index (χ0n) is 25.5. The molecule has 0 aliphatic carbocycles. The molecule has 1 unspecified atom stereocenters. The highest BCUT2D eigenvalue weighted by molar-refractivity contribution is 6.37. The summed E-state index contributed by atoms with van der Waals surface area (Å²) in [5.74, 6) is -2.76. The monoisotopic (exact) mass is 584 g/mol. The van der Waals surface area contributed by atoms with E-state index in [-0.39, 0.29) is 23.8 Å². The van der Waals surface area contributed by atoms with Crippen LogP contribution in [0.15, 0.2) is 48.7 Å². The summed E-state index contributed by atoms with van der Waals surface area (Å²) in [6.45, 7) is 12.7. The normalized spacial score (nSPS) is 10.4. The number of carbonyl (C=O) groups excluding carboxylic acids is 6. The molecule has 2 rings (SSSR count). The van der Waals surface area contributed by atoms with E-state index >= 15 is 0 Å². The maximum Gasteiger partial charge on any atom is 0.289 e. The van der Waals surface area contributed by atoms with Crippen molar-refractivity contribution in [2.45, 2.75) is 67.5 Å². The average molecular weight is 585 g/mol. The second-order valence-corrected chi connectivity index (χ2v) is 9.83. The molecule has 1 atom stereocenters. The summed E-state index contributed by atoms with van der Waals surface area (Å²) in [5.41, 5.74) is 0.987. The zero-order chi connectivity index (χ0) is 32.1. The molecule has 5 amide bonds.